The number of carboxylic acids is 1. The zero-order valence-corrected chi connectivity index (χ0v) is 19.7. The molecule has 1 aromatic carbocycles. The summed E-state index contributed by atoms with van der Waals surface area (Å²) >= 11 is 0. The lowest BCUT2D eigenvalue weighted by Gasteiger charge is -2.56. The number of aromatic nitrogens is 2. The van der Waals surface area contributed by atoms with Crippen LogP contribution in [0.3, 0.4) is 0 Å². The molecule has 11 heteroatoms. The van der Waals surface area contributed by atoms with Crippen molar-refractivity contribution in [3.05, 3.63) is 59.5 Å². The number of fused-ring (bicyclic) bond motifs is 2. The van der Waals surface area contributed by atoms with Gasteiger partial charge in [0.15, 0.2) is 0 Å². The summed E-state index contributed by atoms with van der Waals surface area (Å²) in [6.45, 7) is 0.431. The van der Waals surface area contributed by atoms with Crippen LogP contribution in [0, 0.1) is 0 Å². The molecule has 4 fully saturated rings. The van der Waals surface area contributed by atoms with Gasteiger partial charge in [-0.15, -0.1) is 13.2 Å². The molecule has 0 spiro atoms. The molecule has 0 amide bonds. The summed E-state index contributed by atoms with van der Waals surface area (Å²) in [5.74, 6) is 0.447. The molecule has 2 atom stereocenters. The fourth-order valence-electron chi connectivity index (χ4n) is 5.57. The minimum atomic E-state index is -4.81. The van der Waals surface area contributed by atoms with Crippen molar-refractivity contribution in [1.29, 1.82) is 0 Å². The van der Waals surface area contributed by atoms with Crippen molar-refractivity contribution in [3.8, 4) is 17.0 Å². The predicted molar refractivity (Wildman–Crippen MR) is 126 cm³/mol. The summed E-state index contributed by atoms with van der Waals surface area (Å²) in [6, 6.07) is 10.1. The summed E-state index contributed by atoms with van der Waals surface area (Å²) in [6.07, 6.45) is 1.33. The number of carbonyl (C=O) groups is 1. The summed E-state index contributed by atoms with van der Waals surface area (Å²) in [4.78, 5) is 17.7. The molecule has 8 nitrogen and oxygen atoms in total. The summed E-state index contributed by atoms with van der Waals surface area (Å²) < 4.78 is 48.9. The maximum atomic E-state index is 13.0. The highest BCUT2D eigenvalue weighted by Crippen LogP contribution is 2.46. The van der Waals surface area contributed by atoms with Crippen LogP contribution in [0.25, 0.3) is 11.3 Å². The van der Waals surface area contributed by atoms with Crippen LogP contribution in [-0.2, 0) is 6.54 Å². The Balaban J connectivity index is 1.17. The maximum Gasteiger partial charge on any atom is 0.573 e. The number of rotatable bonds is 8. The molecule has 2 bridgehead atoms. The largest absolute Gasteiger partial charge is 0.573 e. The Bertz CT molecular complexity index is 1290. The lowest BCUT2D eigenvalue weighted by molar-refractivity contribution is -0.274. The maximum absolute atomic E-state index is 13.0. The van der Waals surface area contributed by atoms with Gasteiger partial charge in [0, 0.05) is 47.9 Å². The van der Waals surface area contributed by atoms with E-state index < -0.39 is 12.3 Å². The van der Waals surface area contributed by atoms with Crippen LogP contribution in [0.15, 0.2) is 47.1 Å². The summed E-state index contributed by atoms with van der Waals surface area (Å²) in [5, 5.41) is 16.9. The number of anilines is 1. The fraction of sp³-hybridized carbons (Fsp3) is 0.423. The molecule has 2 saturated heterocycles. The molecule has 2 aromatic heterocycles. The first kappa shape index (κ1) is 23.8. The standard InChI is InChI=1S/C26H25F3N4O4/c27-26(28,29)36-21-4-2-1-3-19(21)23-20(24(37-32-23)14-5-6-14)13-30-16-9-17-11-18(10-16)33(17)22-8-7-15(12-31-22)25(34)35/h1-4,7-8,12,14,16-18,30H,5-6,9-11,13H2,(H,34,35). The van der Waals surface area contributed by atoms with E-state index in [0.717, 1.165) is 49.2 Å². The van der Waals surface area contributed by atoms with E-state index in [0.29, 0.717) is 24.3 Å². The van der Waals surface area contributed by atoms with E-state index in [1.807, 2.05) is 0 Å². The van der Waals surface area contributed by atoms with Crippen LogP contribution < -0.4 is 15.0 Å². The Kier molecular flexibility index (Phi) is 5.82. The van der Waals surface area contributed by atoms with Crippen LogP contribution in [0.1, 0.15) is 59.7 Å². The molecular weight excluding hydrogens is 489 g/mol. The number of piperidine rings is 1. The van der Waals surface area contributed by atoms with Gasteiger partial charge in [-0.1, -0.05) is 17.3 Å². The van der Waals surface area contributed by atoms with E-state index in [2.05, 4.69) is 25.1 Å². The first-order chi connectivity index (χ1) is 17.8. The number of nitrogens with zero attached hydrogens (tertiary/aromatic N) is 3. The quantitative estimate of drug-likeness (QED) is 0.428. The minimum absolute atomic E-state index is 0.159. The number of alkyl halides is 3. The number of aromatic carboxylic acids is 1. The second kappa shape index (κ2) is 9.05. The molecule has 194 valence electrons. The second-order valence-electron chi connectivity index (χ2n) is 9.90. The van der Waals surface area contributed by atoms with Gasteiger partial charge in [0.25, 0.3) is 0 Å². The number of benzene rings is 1. The van der Waals surface area contributed by atoms with Crippen LogP contribution in [0.2, 0.25) is 0 Å². The Morgan fingerprint density at radius 1 is 1.14 bits per heavy atom. The highest BCUT2D eigenvalue weighted by atomic mass is 19.4. The highest BCUT2D eigenvalue weighted by Gasteiger charge is 2.46. The van der Waals surface area contributed by atoms with Gasteiger partial charge in [0.2, 0.25) is 0 Å². The molecule has 2 saturated carbocycles. The number of para-hydroxylation sites is 1. The predicted octanol–water partition coefficient (Wildman–Crippen LogP) is 5.11. The number of nitrogens with one attached hydrogen (secondary N) is 1. The molecule has 2 unspecified atom stereocenters. The van der Waals surface area contributed by atoms with Crippen LogP contribution in [0.4, 0.5) is 19.0 Å². The van der Waals surface area contributed by atoms with Crippen LogP contribution in [0.5, 0.6) is 5.75 Å². The van der Waals surface area contributed by atoms with E-state index in [1.165, 1.54) is 18.3 Å². The van der Waals surface area contributed by atoms with Gasteiger partial charge >= 0.3 is 12.3 Å². The monoisotopic (exact) mass is 514 g/mol. The van der Waals surface area contributed by atoms with Gasteiger partial charge in [-0.05, 0) is 56.4 Å². The molecule has 3 aromatic rings. The van der Waals surface area contributed by atoms with Gasteiger partial charge in [0.05, 0.1) is 5.56 Å². The van der Waals surface area contributed by atoms with E-state index >= 15 is 0 Å². The summed E-state index contributed by atoms with van der Waals surface area (Å²) in [5.41, 5.74) is 1.57. The number of ether oxygens (including phenoxy) is 1. The van der Waals surface area contributed by atoms with Crippen molar-refractivity contribution in [2.24, 2.45) is 0 Å². The first-order valence-electron chi connectivity index (χ1n) is 12.3. The highest BCUT2D eigenvalue weighted by molar-refractivity contribution is 5.87. The van der Waals surface area contributed by atoms with Gasteiger partial charge in [-0.25, -0.2) is 9.78 Å². The van der Waals surface area contributed by atoms with Crippen molar-refractivity contribution < 1.29 is 32.3 Å². The van der Waals surface area contributed by atoms with Gasteiger partial charge < -0.3 is 24.6 Å². The number of hydrogen-bond acceptors (Lipinski definition) is 7. The molecule has 2 aliphatic carbocycles. The number of halogens is 3. The average molecular weight is 515 g/mol. The molecular formula is C26H25F3N4O4. The van der Waals surface area contributed by atoms with E-state index in [-0.39, 0.29) is 28.8 Å². The third-order valence-electron chi connectivity index (χ3n) is 7.41. The third-order valence-corrected chi connectivity index (χ3v) is 7.41. The third kappa shape index (κ3) is 4.75. The lowest BCUT2D eigenvalue weighted by Crippen LogP contribution is -2.64. The first-order valence-corrected chi connectivity index (χ1v) is 12.3. The van der Waals surface area contributed by atoms with E-state index in [4.69, 9.17) is 9.63 Å². The van der Waals surface area contributed by atoms with Gasteiger partial charge in [0.1, 0.15) is 23.0 Å². The van der Waals surface area contributed by atoms with Crippen molar-refractivity contribution >= 4 is 11.8 Å². The van der Waals surface area contributed by atoms with Crippen molar-refractivity contribution in [3.63, 3.8) is 0 Å². The van der Waals surface area contributed by atoms with Crippen LogP contribution >= 0.6 is 0 Å². The number of pyridine rings is 1. The Morgan fingerprint density at radius 2 is 1.89 bits per heavy atom. The normalized spacial score (nSPS) is 23.0. The molecule has 7 rings (SSSR count). The van der Waals surface area contributed by atoms with Crippen LogP contribution in [-0.4, -0.2) is 45.7 Å². The number of hydrogen-bond donors (Lipinski definition) is 2. The topological polar surface area (TPSA) is 101 Å². The average Bonchev–Trinajstić information content (AvgIpc) is 3.62. The molecule has 37 heavy (non-hydrogen) atoms. The Morgan fingerprint density at radius 3 is 2.54 bits per heavy atom. The number of carboxylic acid groups (broad SMARTS) is 1. The minimum Gasteiger partial charge on any atom is -0.478 e. The van der Waals surface area contributed by atoms with Gasteiger partial charge in [-0.2, -0.15) is 0 Å². The second-order valence-corrected chi connectivity index (χ2v) is 9.90. The molecule has 4 aliphatic rings. The fourth-order valence-corrected chi connectivity index (χ4v) is 5.57. The smallest absolute Gasteiger partial charge is 0.478 e. The molecule has 2 aliphatic heterocycles. The van der Waals surface area contributed by atoms with E-state index in [9.17, 15) is 18.0 Å². The lowest BCUT2D eigenvalue weighted by atomic mass is 9.76. The van der Waals surface area contributed by atoms with E-state index in [1.54, 1.807) is 24.3 Å². The molecule has 4 heterocycles. The zero-order chi connectivity index (χ0) is 25.7. The molecule has 2 N–H and O–H groups in total. The SMILES string of the molecule is O=C(O)c1ccc(N2C3CC(NCc4c(-c5ccccc5OC(F)(F)F)noc4C4CC4)CC2C3)nc1. The zero-order valence-electron chi connectivity index (χ0n) is 19.7. The van der Waals surface area contributed by atoms with Crippen molar-refractivity contribution in [2.45, 2.75) is 69.1 Å². The summed E-state index contributed by atoms with van der Waals surface area (Å²) in [7, 11) is 0. The van der Waals surface area contributed by atoms with Crippen molar-refractivity contribution in [2.75, 3.05) is 4.90 Å². The Hall–Kier alpha value is -3.60. The Labute approximate surface area is 210 Å². The molecule has 0 radical (unpaired) electrons. The van der Waals surface area contributed by atoms with Crippen molar-refractivity contribution in [1.82, 2.24) is 15.5 Å². The van der Waals surface area contributed by atoms with Gasteiger partial charge in [-0.3, -0.25) is 0 Å².